The van der Waals surface area contributed by atoms with Crippen LogP contribution in [0.2, 0.25) is 0 Å². The van der Waals surface area contributed by atoms with E-state index in [-0.39, 0.29) is 35.9 Å². The van der Waals surface area contributed by atoms with Crippen LogP contribution < -0.4 is 10.6 Å². The summed E-state index contributed by atoms with van der Waals surface area (Å²) in [5.41, 5.74) is 0. The number of ether oxygens (including phenoxy) is 2. The van der Waals surface area contributed by atoms with Gasteiger partial charge in [0.25, 0.3) is 0 Å². The highest BCUT2D eigenvalue weighted by atomic mass is 127. The predicted molar refractivity (Wildman–Crippen MR) is 108 cm³/mol. The van der Waals surface area contributed by atoms with Gasteiger partial charge in [-0.3, -0.25) is 9.79 Å². The fourth-order valence-electron chi connectivity index (χ4n) is 2.61. The lowest BCUT2D eigenvalue weighted by Crippen LogP contribution is -2.38. The van der Waals surface area contributed by atoms with E-state index in [0.29, 0.717) is 12.6 Å². The lowest BCUT2D eigenvalue weighted by atomic mass is 9.98. The number of methoxy groups -OCH3 is 1. The van der Waals surface area contributed by atoms with Gasteiger partial charge in [-0.1, -0.05) is 26.2 Å². The smallest absolute Gasteiger partial charge is 0.310 e. The largest absolute Gasteiger partial charge is 0.469 e. The van der Waals surface area contributed by atoms with E-state index in [4.69, 9.17) is 9.47 Å². The van der Waals surface area contributed by atoms with Crippen LogP contribution in [0.5, 0.6) is 0 Å². The highest BCUT2D eigenvalue weighted by Gasteiger charge is 2.13. The molecule has 1 aliphatic rings. The number of aliphatic imine (C=N–C) groups is 1. The first-order valence-electron chi connectivity index (χ1n) is 8.89. The van der Waals surface area contributed by atoms with E-state index < -0.39 is 0 Å². The van der Waals surface area contributed by atoms with E-state index in [1.807, 2.05) is 13.8 Å². The fourth-order valence-corrected chi connectivity index (χ4v) is 2.61. The highest BCUT2D eigenvalue weighted by molar-refractivity contribution is 14.0. The number of hydrogen-bond acceptors (Lipinski definition) is 4. The molecular formula is C17H34IN3O3. The molecule has 0 aliphatic heterocycles. The summed E-state index contributed by atoms with van der Waals surface area (Å²) in [5.74, 6) is 0.275. The van der Waals surface area contributed by atoms with Gasteiger partial charge in [-0.05, 0) is 26.2 Å². The summed E-state index contributed by atoms with van der Waals surface area (Å²) in [6.45, 7) is 6.64. The SMILES string of the molecule is CCNC(=NCC(C)C(=O)OC)NCCCOC1CCCCC1.I. The molecule has 7 heteroatoms. The first-order valence-corrected chi connectivity index (χ1v) is 8.89. The molecule has 0 radical (unpaired) electrons. The van der Waals surface area contributed by atoms with Crippen molar-refractivity contribution >= 4 is 35.9 Å². The molecule has 1 atom stereocenters. The van der Waals surface area contributed by atoms with Crippen LogP contribution in [0.25, 0.3) is 0 Å². The number of esters is 1. The molecule has 0 spiro atoms. The fraction of sp³-hybridized carbons (Fsp3) is 0.882. The van der Waals surface area contributed by atoms with E-state index in [1.54, 1.807) is 0 Å². The van der Waals surface area contributed by atoms with Crippen molar-refractivity contribution in [1.29, 1.82) is 0 Å². The molecule has 0 heterocycles. The zero-order chi connectivity index (χ0) is 16.9. The maximum absolute atomic E-state index is 11.4. The molecule has 1 unspecified atom stereocenters. The quantitative estimate of drug-likeness (QED) is 0.184. The monoisotopic (exact) mass is 455 g/mol. The van der Waals surface area contributed by atoms with Crippen molar-refractivity contribution < 1.29 is 14.3 Å². The van der Waals surface area contributed by atoms with Crippen LogP contribution >= 0.6 is 24.0 Å². The van der Waals surface area contributed by atoms with Crippen molar-refractivity contribution in [1.82, 2.24) is 10.6 Å². The molecule has 6 nitrogen and oxygen atoms in total. The van der Waals surface area contributed by atoms with Crippen LogP contribution in [0.4, 0.5) is 0 Å². The molecule has 2 N–H and O–H groups in total. The Balaban J connectivity index is 0.00000529. The second kappa shape index (κ2) is 14.7. The number of hydrogen-bond donors (Lipinski definition) is 2. The van der Waals surface area contributed by atoms with Gasteiger partial charge < -0.3 is 20.1 Å². The molecule has 0 bridgehead atoms. The number of halogens is 1. The highest BCUT2D eigenvalue weighted by Crippen LogP contribution is 2.20. The number of guanidine groups is 1. The first kappa shape index (κ1) is 23.4. The van der Waals surface area contributed by atoms with Crippen LogP contribution in [0.1, 0.15) is 52.4 Å². The van der Waals surface area contributed by atoms with Gasteiger partial charge in [-0.25, -0.2) is 0 Å². The zero-order valence-corrected chi connectivity index (χ0v) is 17.6. The molecule has 1 fully saturated rings. The van der Waals surface area contributed by atoms with E-state index in [2.05, 4.69) is 15.6 Å². The van der Waals surface area contributed by atoms with Crippen LogP contribution in [0, 0.1) is 5.92 Å². The van der Waals surface area contributed by atoms with Gasteiger partial charge >= 0.3 is 5.97 Å². The van der Waals surface area contributed by atoms with Gasteiger partial charge in [-0.15, -0.1) is 24.0 Å². The molecule has 0 amide bonds. The van der Waals surface area contributed by atoms with Crippen molar-refractivity contribution in [2.45, 2.75) is 58.5 Å². The number of nitrogens with zero attached hydrogens (tertiary/aromatic N) is 1. The molecule has 0 aromatic heterocycles. The van der Waals surface area contributed by atoms with Gasteiger partial charge in [0, 0.05) is 19.7 Å². The van der Waals surface area contributed by atoms with E-state index in [1.165, 1.54) is 39.2 Å². The topological polar surface area (TPSA) is 72.0 Å². The van der Waals surface area contributed by atoms with E-state index in [0.717, 1.165) is 32.1 Å². The van der Waals surface area contributed by atoms with Gasteiger partial charge in [0.15, 0.2) is 5.96 Å². The summed E-state index contributed by atoms with van der Waals surface area (Å²) in [5, 5.41) is 6.46. The summed E-state index contributed by atoms with van der Waals surface area (Å²) >= 11 is 0. The van der Waals surface area contributed by atoms with Gasteiger partial charge in [0.1, 0.15) is 0 Å². The molecule has 0 saturated heterocycles. The van der Waals surface area contributed by atoms with Crippen molar-refractivity contribution in [2.75, 3.05) is 33.4 Å². The van der Waals surface area contributed by atoms with Crippen LogP contribution in [-0.4, -0.2) is 51.4 Å². The van der Waals surface area contributed by atoms with Gasteiger partial charge in [-0.2, -0.15) is 0 Å². The number of rotatable bonds is 9. The van der Waals surface area contributed by atoms with Crippen LogP contribution in [0.3, 0.4) is 0 Å². The van der Waals surface area contributed by atoms with Crippen molar-refractivity contribution in [3.05, 3.63) is 0 Å². The lowest BCUT2D eigenvalue weighted by molar-refractivity contribution is -0.144. The van der Waals surface area contributed by atoms with Crippen molar-refractivity contribution in [2.24, 2.45) is 10.9 Å². The Morgan fingerprint density at radius 3 is 2.58 bits per heavy atom. The minimum atomic E-state index is -0.231. The predicted octanol–water partition coefficient (Wildman–Crippen LogP) is 2.71. The third-order valence-corrected chi connectivity index (χ3v) is 3.99. The van der Waals surface area contributed by atoms with E-state index >= 15 is 0 Å². The number of carbonyl (C=O) groups excluding carboxylic acids is 1. The molecule has 1 aliphatic carbocycles. The third-order valence-electron chi connectivity index (χ3n) is 3.99. The molecule has 142 valence electrons. The van der Waals surface area contributed by atoms with Crippen LogP contribution in [0.15, 0.2) is 4.99 Å². The summed E-state index contributed by atoms with van der Waals surface area (Å²) in [6, 6.07) is 0. The average molecular weight is 455 g/mol. The van der Waals surface area contributed by atoms with Gasteiger partial charge in [0.05, 0.1) is 25.7 Å². The maximum Gasteiger partial charge on any atom is 0.310 e. The first-order chi connectivity index (χ1) is 11.2. The molecule has 0 aromatic rings. The number of nitrogens with one attached hydrogen (secondary N) is 2. The third kappa shape index (κ3) is 10.3. The second-order valence-electron chi connectivity index (χ2n) is 6.05. The molecular weight excluding hydrogens is 421 g/mol. The van der Waals surface area contributed by atoms with Gasteiger partial charge in [0.2, 0.25) is 0 Å². The molecule has 1 rings (SSSR count). The maximum atomic E-state index is 11.4. The molecule has 0 aromatic carbocycles. The Bertz CT molecular complexity index is 361. The minimum absolute atomic E-state index is 0. The standard InChI is InChI=1S/C17H33N3O3.HI/c1-4-18-17(20-13-14(2)16(21)22-3)19-11-8-12-23-15-9-6-5-7-10-15;/h14-15H,4-13H2,1-3H3,(H2,18,19,20);1H. The minimum Gasteiger partial charge on any atom is -0.469 e. The van der Waals surface area contributed by atoms with E-state index in [9.17, 15) is 4.79 Å². The summed E-state index contributed by atoms with van der Waals surface area (Å²) in [7, 11) is 1.40. The Morgan fingerprint density at radius 2 is 1.96 bits per heavy atom. The summed E-state index contributed by atoms with van der Waals surface area (Å²) in [6.07, 6.45) is 7.80. The zero-order valence-electron chi connectivity index (χ0n) is 15.3. The summed E-state index contributed by atoms with van der Waals surface area (Å²) in [4.78, 5) is 15.8. The average Bonchev–Trinajstić information content (AvgIpc) is 2.59. The number of carbonyl (C=O) groups is 1. The Labute approximate surface area is 163 Å². The Morgan fingerprint density at radius 1 is 1.25 bits per heavy atom. The normalized spacial score (nSPS) is 16.9. The Kier molecular flexibility index (Phi) is 14.4. The molecule has 1 saturated carbocycles. The van der Waals surface area contributed by atoms with Crippen molar-refractivity contribution in [3.63, 3.8) is 0 Å². The summed E-state index contributed by atoms with van der Waals surface area (Å²) < 4.78 is 10.6. The Hall–Kier alpha value is -0.570. The molecule has 24 heavy (non-hydrogen) atoms. The lowest BCUT2D eigenvalue weighted by Gasteiger charge is -2.22. The van der Waals surface area contributed by atoms with Crippen molar-refractivity contribution in [3.8, 4) is 0 Å². The second-order valence-corrected chi connectivity index (χ2v) is 6.05. The van der Waals surface area contributed by atoms with Crippen LogP contribution in [-0.2, 0) is 14.3 Å².